The van der Waals surface area contributed by atoms with Crippen LogP contribution in [-0.2, 0) is 5.75 Å². The highest BCUT2D eigenvalue weighted by Crippen LogP contribution is 2.61. The van der Waals surface area contributed by atoms with Crippen molar-refractivity contribution in [1.29, 1.82) is 0 Å². The Kier molecular flexibility index (Phi) is 3.33. The fourth-order valence-electron chi connectivity index (χ4n) is 5.80. The van der Waals surface area contributed by atoms with E-state index in [9.17, 15) is 0 Å². The molecule has 0 aliphatic heterocycles. The summed E-state index contributed by atoms with van der Waals surface area (Å²) in [5, 5.41) is 21.7. The van der Waals surface area contributed by atoms with Crippen LogP contribution in [0.15, 0.2) is 6.07 Å². The van der Waals surface area contributed by atoms with Crippen molar-refractivity contribution >= 4 is 28.1 Å². The first kappa shape index (κ1) is 15.6. The SMILES string of the molecule is Cc1cc(-c2nn3c(CSC45CC6CC(CC(C6)C4)C5)nnc3s2)n[nH]1. The molecule has 1 N–H and O–H groups in total. The van der Waals surface area contributed by atoms with E-state index in [2.05, 4.69) is 32.2 Å². The molecule has 0 unspecified atom stereocenters. The zero-order chi connectivity index (χ0) is 17.3. The summed E-state index contributed by atoms with van der Waals surface area (Å²) in [4.78, 5) is 0.863. The van der Waals surface area contributed by atoms with Crippen molar-refractivity contribution < 1.29 is 0 Å². The second-order valence-electron chi connectivity index (χ2n) is 8.54. The van der Waals surface area contributed by atoms with Gasteiger partial charge in [0.15, 0.2) is 10.8 Å². The number of thioether (sulfide) groups is 1. The molecule has 0 spiro atoms. The van der Waals surface area contributed by atoms with E-state index in [0.717, 1.165) is 50.7 Å². The molecule has 0 radical (unpaired) electrons. The van der Waals surface area contributed by atoms with Crippen molar-refractivity contribution in [3.8, 4) is 10.7 Å². The van der Waals surface area contributed by atoms with E-state index in [1.54, 1.807) is 11.3 Å². The number of nitrogens with zero attached hydrogens (tertiary/aromatic N) is 5. The van der Waals surface area contributed by atoms with Crippen LogP contribution in [-0.4, -0.2) is 34.8 Å². The van der Waals surface area contributed by atoms with E-state index in [0.29, 0.717) is 4.75 Å². The van der Waals surface area contributed by atoms with Crippen LogP contribution in [0.4, 0.5) is 0 Å². The Morgan fingerprint density at radius 1 is 1.19 bits per heavy atom. The monoisotopic (exact) mass is 386 g/mol. The molecular weight excluding hydrogens is 364 g/mol. The van der Waals surface area contributed by atoms with E-state index in [4.69, 9.17) is 5.10 Å². The maximum absolute atomic E-state index is 4.74. The number of aromatic amines is 1. The van der Waals surface area contributed by atoms with E-state index in [1.807, 2.05) is 17.5 Å². The second kappa shape index (κ2) is 5.55. The molecule has 4 saturated carbocycles. The van der Waals surface area contributed by atoms with Gasteiger partial charge < -0.3 is 0 Å². The summed E-state index contributed by atoms with van der Waals surface area (Å²) in [6.07, 6.45) is 8.73. The Morgan fingerprint density at radius 3 is 2.58 bits per heavy atom. The van der Waals surface area contributed by atoms with Gasteiger partial charge in [-0.05, 0) is 69.3 Å². The number of rotatable bonds is 4. The lowest BCUT2D eigenvalue weighted by Gasteiger charge is -2.56. The highest BCUT2D eigenvalue weighted by Gasteiger charge is 2.51. The van der Waals surface area contributed by atoms with Crippen LogP contribution in [0.2, 0.25) is 0 Å². The number of nitrogens with one attached hydrogen (secondary N) is 1. The largest absolute Gasteiger partial charge is 0.282 e. The molecule has 3 aromatic heterocycles. The van der Waals surface area contributed by atoms with Gasteiger partial charge in [-0.2, -0.15) is 14.7 Å². The highest BCUT2D eigenvalue weighted by molar-refractivity contribution is 7.99. The third kappa shape index (κ3) is 2.45. The van der Waals surface area contributed by atoms with Crippen LogP contribution < -0.4 is 0 Å². The Labute approximate surface area is 160 Å². The number of aryl methyl sites for hydroxylation is 1. The first-order valence-electron chi connectivity index (χ1n) is 9.53. The van der Waals surface area contributed by atoms with Gasteiger partial charge in [-0.3, -0.25) is 5.10 Å². The van der Waals surface area contributed by atoms with Gasteiger partial charge in [-0.1, -0.05) is 11.3 Å². The summed E-state index contributed by atoms with van der Waals surface area (Å²) in [7, 11) is 0. The van der Waals surface area contributed by atoms with E-state index >= 15 is 0 Å². The van der Waals surface area contributed by atoms with Crippen LogP contribution in [0.25, 0.3) is 15.7 Å². The maximum Gasteiger partial charge on any atom is 0.235 e. The minimum absolute atomic E-state index is 0.499. The average molecular weight is 387 g/mol. The molecule has 4 fully saturated rings. The molecule has 3 heterocycles. The quantitative estimate of drug-likeness (QED) is 0.731. The lowest BCUT2D eigenvalue weighted by Crippen LogP contribution is -2.48. The molecule has 4 bridgehead atoms. The van der Waals surface area contributed by atoms with Crippen LogP contribution >= 0.6 is 23.1 Å². The van der Waals surface area contributed by atoms with E-state index < -0.39 is 0 Å². The average Bonchev–Trinajstić information content (AvgIpc) is 3.27. The lowest BCUT2D eigenvalue weighted by atomic mass is 9.56. The number of hydrogen-bond donors (Lipinski definition) is 1. The van der Waals surface area contributed by atoms with Crippen molar-refractivity contribution in [2.45, 2.75) is 55.9 Å². The van der Waals surface area contributed by atoms with Gasteiger partial charge in [0.1, 0.15) is 5.69 Å². The van der Waals surface area contributed by atoms with Crippen molar-refractivity contribution in [3.05, 3.63) is 17.6 Å². The number of hydrogen-bond acceptors (Lipinski definition) is 6. The van der Waals surface area contributed by atoms with Crippen LogP contribution in [0.5, 0.6) is 0 Å². The maximum atomic E-state index is 4.74. The number of H-pyrrole nitrogens is 1. The van der Waals surface area contributed by atoms with Crippen molar-refractivity contribution in [2.75, 3.05) is 0 Å². The third-order valence-corrected chi connectivity index (χ3v) is 8.91. The first-order chi connectivity index (χ1) is 12.7. The predicted molar refractivity (Wildman–Crippen MR) is 103 cm³/mol. The topological polar surface area (TPSA) is 71.8 Å². The summed E-state index contributed by atoms with van der Waals surface area (Å²) in [6, 6.07) is 2.02. The fourth-order valence-corrected chi connectivity index (χ4v) is 8.30. The number of fused-ring (bicyclic) bond motifs is 1. The van der Waals surface area contributed by atoms with Crippen LogP contribution in [0.1, 0.15) is 50.0 Å². The Balaban J connectivity index is 1.25. The molecule has 0 atom stereocenters. The zero-order valence-electron chi connectivity index (χ0n) is 14.8. The minimum Gasteiger partial charge on any atom is -0.282 e. The smallest absolute Gasteiger partial charge is 0.235 e. The van der Waals surface area contributed by atoms with Crippen LogP contribution in [0, 0.1) is 24.7 Å². The third-order valence-electron chi connectivity index (χ3n) is 6.47. The van der Waals surface area contributed by atoms with Gasteiger partial charge in [0, 0.05) is 10.4 Å². The summed E-state index contributed by atoms with van der Waals surface area (Å²) < 4.78 is 2.43. The Morgan fingerprint density at radius 2 is 1.92 bits per heavy atom. The molecule has 4 aliphatic rings. The van der Waals surface area contributed by atoms with Crippen molar-refractivity contribution in [1.82, 2.24) is 30.0 Å². The highest BCUT2D eigenvalue weighted by atomic mass is 32.2. The zero-order valence-corrected chi connectivity index (χ0v) is 16.4. The molecule has 6 nitrogen and oxygen atoms in total. The standard InChI is InChI=1S/C18H22N6S2/c1-10-2-14(20-19-10)16-23-24-15(21-22-17(24)26-16)9-25-18-6-11-3-12(7-18)5-13(4-11)8-18/h2,11-13H,3-9H2,1H3,(H,19,20). The second-order valence-corrected chi connectivity index (χ2v) is 10.9. The molecular formula is C18H22N6S2. The van der Waals surface area contributed by atoms with Crippen molar-refractivity contribution in [2.24, 2.45) is 17.8 Å². The van der Waals surface area contributed by atoms with Gasteiger partial charge >= 0.3 is 0 Å². The van der Waals surface area contributed by atoms with Gasteiger partial charge in [0.25, 0.3) is 0 Å². The number of aromatic nitrogens is 6. The molecule has 8 heteroatoms. The molecule has 136 valence electrons. The molecule has 3 aromatic rings. The molecule has 7 rings (SSSR count). The fraction of sp³-hybridized carbons (Fsp3) is 0.667. The van der Waals surface area contributed by atoms with Crippen LogP contribution in [0.3, 0.4) is 0 Å². The summed E-state index contributed by atoms with van der Waals surface area (Å²) >= 11 is 3.69. The van der Waals surface area contributed by atoms with Gasteiger partial charge in [-0.25, -0.2) is 0 Å². The normalized spacial score (nSPS) is 32.7. The lowest BCUT2D eigenvalue weighted by molar-refractivity contribution is 0.0383. The van der Waals surface area contributed by atoms with Crippen molar-refractivity contribution in [3.63, 3.8) is 0 Å². The van der Waals surface area contributed by atoms with E-state index in [1.165, 1.54) is 38.5 Å². The molecule has 0 amide bonds. The molecule has 4 aliphatic carbocycles. The molecule has 0 aromatic carbocycles. The predicted octanol–water partition coefficient (Wildman–Crippen LogP) is 4.09. The first-order valence-corrected chi connectivity index (χ1v) is 11.3. The summed E-state index contributed by atoms with van der Waals surface area (Å²) in [6.45, 7) is 2.00. The van der Waals surface area contributed by atoms with Gasteiger partial charge in [0.05, 0.1) is 5.75 Å². The van der Waals surface area contributed by atoms with E-state index in [-0.39, 0.29) is 0 Å². The summed E-state index contributed by atoms with van der Waals surface area (Å²) in [5.74, 6) is 4.86. The van der Waals surface area contributed by atoms with Gasteiger partial charge in [-0.15, -0.1) is 22.0 Å². The molecule has 26 heavy (non-hydrogen) atoms. The molecule has 0 saturated heterocycles. The Hall–Kier alpha value is -1.41. The summed E-state index contributed by atoms with van der Waals surface area (Å²) in [5.41, 5.74) is 1.93. The minimum atomic E-state index is 0.499. The van der Waals surface area contributed by atoms with Gasteiger partial charge in [0.2, 0.25) is 4.96 Å². The Bertz CT molecular complexity index is 934.